The molecule has 6 nitrogen and oxygen atoms in total. The maximum Gasteiger partial charge on any atom is 0.253 e. The summed E-state index contributed by atoms with van der Waals surface area (Å²) < 4.78 is 1.88. The molecule has 0 aromatic carbocycles. The maximum atomic E-state index is 13.2. The third-order valence-corrected chi connectivity index (χ3v) is 8.00. The molecular weight excluding hydrogens is 376 g/mol. The molecule has 2 saturated heterocycles. The van der Waals surface area contributed by atoms with E-state index in [1.807, 2.05) is 4.57 Å². The first-order valence-electron chi connectivity index (χ1n) is 12.3. The molecule has 3 atom stereocenters. The van der Waals surface area contributed by atoms with Crippen molar-refractivity contribution in [2.75, 3.05) is 26.2 Å². The van der Waals surface area contributed by atoms with Gasteiger partial charge in [0, 0.05) is 44.1 Å². The zero-order valence-corrected chi connectivity index (χ0v) is 18.2. The molecule has 1 aliphatic carbocycles. The number of carbonyl (C=O) groups is 1. The van der Waals surface area contributed by atoms with Gasteiger partial charge in [-0.1, -0.05) is 19.3 Å². The number of amides is 1. The van der Waals surface area contributed by atoms with Gasteiger partial charge in [-0.25, -0.2) is 4.98 Å². The summed E-state index contributed by atoms with van der Waals surface area (Å²) in [7, 11) is 0. The molecule has 1 aromatic rings. The third kappa shape index (κ3) is 4.08. The second-order valence-corrected chi connectivity index (χ2v) is 9.96. The second-order valence-electron chi connectivity index (χ2n) is 9.96. The lowest BCUT2D eigenvalue weighted by Crippen LogP contribution is -2.52. The predicted molar refractivity (Wildman–Crippen MR) is 117 cm³/mol. The van der Waals surface area contributed by atoms with E-state index in [4.69, 9.17) is 4.98 Å². The Hall–Kier alpha value is -1.69. The molecule has 4 aliphatic rings. The molecule has 0 bridgehead atoms. The van der Waals surface area contributed by atoms with E-state index in [2.05, 4.69) is 9.80 Å². The number of aromatic nitrogens is 2. The monoisotopic (exact) mass is 412 g/mol. The summed E-state index contributed by atoms with van der Waals surface area (Å²) in [4.78, 5) is 35.2. The molecule has 3 fully saturated rings. The van der Waals surface area contributed by atoms with Crippen LogP contribution < -0.4 is 5.56 Å². The topological polar surface area (TPSA) is 58.4 Å². The SMILES string of the molecule is O=C(CN1CC[C@@H](c2cc(=O)n3c(n2)CCCCC3)C1)N1CCC[C@H]2CCCC[C@@H]21. The lowest BCUT2D eigenvalue weighted by Gasteiger charge is -2.44. The fourth-order valence-electron chi connectivity index (χ4n) is 6.38. The molecule has 0 unspecified atom stereocenters. The molecular formula is C24H36N4O2. The van der Waals surface area contributed by atoms with Crippen LogP contribution in [0.2, 0.25) is 0 Å². The molecule has 30 heavy (non-hydrogen) atoms. The van der Waals surface area contributed by atoms with Crippen molar-refractivity contribution >= 4 is 5.91 Å². The smallest absolute Gasteiger partial charge is 0.253 e. The van der Waals surface area contributed by atoms with Crippen LogP contribution in [-0.4, -0.2) is 57.5 Å². The van der Waals surface area contributed by atoms with Crippen molar-refractivity contribution < 1.29 is 4.79 Å². The zero-order chi connectivity index (χ0) is 20.5. The number of fused-ring (bicyclic) bond motifs is 2. The second kappa shape index (κ2) is 8.81. The Morgan fingerprint density at radius 1 is 0.967 bits per heavy atom. The number of nitrogens with zero attached hydrogens (tertiary/aromatic N) is 4. The summed E-state index contributed by atoms with van der Waals surface area (Å²) in [5, 5.41) is 0. The van der Waals surface area contributed by atoms with Crippen LogP contribution in [0.3, 0.4) is 0 Å². The number of hydrogen-bond donors (Lipinski definition) is 0. The van der Waals surface area contributed by atoms with Crippen LogP contribution >= 0.6 is 0 Å². The van der Waals surface area contributed by atoms with Crippen molar-refractivity contribution in [3.63, 3.8) is 0 Å². The van der Waals surface area contributed by atoms with E-state index in [1.165, 1.54) is 44.9 Å². The van der Waals surface area contributed by atoms with E-state index < -0.39 is 0 Å². The first-order valence-corrected chi connectivity index (χ1v) is 12.3. The van der Waals surface area contributed by atoms with Crippen molar-refractivity contribution in [3.8, 4) is 0 Å². The molecule has 0 N–H and O–H groups in total. The Labute approximate surface area is 179 Å². The highest BCUT2D eigenvalue weighted by Crippen LogP contribution is 2.35. The lowest BCUT2D eigenvalue weighted by atomic mass is 9.78. The number of piperidine rings is 1. The van der Waals surface area contributed by atoms with E-state index in [0.717, 1.165) is 69.3 Å². The van der Waals surface area contributed by atoms with Gasteiger partial charge >= 0.3 is 0 Å². The minimum absolute atomic E-state index is 0.114. The minimum atomic E-state index is 0.114. The molecule has 164 valence electrons. The normalized spacial score (nSPS) is 29.9. The summed E-state index contributed by atoms with van der Waals surface area (Å²) in [6.45, 7) is 4.07. The van der Waals surface area contributed by atoms with Crippen LogP contribution in [0, 0.1) is 5.92 Å². The van der Waals surface area contributed by atoms with Gasteiger partial charge in [0.05, 0.1) is 12.2 Å². The molecule has 1 saturated carbocycles. The molecule has 0 spiro atoms. The first-order chi connectivity index (χ1) is 14.7. The average Bonchev–Trinajstić information content (AvgIpc) is 3.09. The van der Waals surface area contributed by atoms with Crippen LogP contribution in [0.15, 0.2) is 10.9 Å². The number of carbonyl (C=O) groups excluding carboxylic acids is 1. The van der Waals surface area contributed by atoms with Gasteiger partial charge in [-0.3, -0.25) is 19.1 Å². The summed E-state index contributed by atoms with van der Waals surface area (Å²) in [5.41, 5.74) is 1.07. The van der Waals surface area contributed by atoms with Gasteiger partial charge in [-0.2, -0.15) is 0 Å². The van der Waals surface area contributed by atoms with Crippen LogP contribution in [-0.2, 0) is 17.8 Å². The van der Waals surface area contributed by atoms with Gasteiger partial charge < -0.3 is 4.90 Å². The Bertz CT molecular complexity index is 833. The molecule has 4 heterocycles. The Morgan fingerprint density at radius 3 is 2.77 bits per heavy atom. The number of rotatable bonds is 3. The summed E-state index contributed by atoms with van der Waals surface area (Å²) >= 11 is 0. The standard InChI is InChI=1S/C24H36N4O2/c29-23-15-20(25-22-10-2-1-5-12-28(22)23)19-11-14-26(16-19)17-24(30)27-13-6-8-18-7-3-4-9-21(18)27/h15,18-19,21H,1-14,16-17H2/t18-,19-,21+/m1/s1. The lowest BCUT2D eigenvalue weighted by molar-refractivity contribution is -0.138. The van der Waals surface area contributed by atoms with Gasteiger partial charge in [-0.15, -0.1) is 0 Å². The molecule has 6 heteroatoms. The van der Waals surface area contributed by atoms with E-state index in [1.54, 1.807) is 6.07 Å². The van der Waals surface area contributed by atoms with Crippen LogP contribution in [0.4, 0.5) is 0 Å². The van der Waals surface area contributed by atoms with Gasteiger partial charge in [0.25, 0.3) is 5.56 Å². The highest BCUT2D eigenvalue weighted by Gasteiger charge is 2.37. The predicted octanol–water partition coefficient (Wildman–Crippen LogP) is 2.94. The van der Waals surface area contributed by atoms with Gasteiger partial charge in [0.1, 0.15) is 5.82 Å². The average molecular weight is 413 g/mol. The molecule has 1 amide bonds. The molecule has 1 aromatic heterocycles. The van der Waals surface area contributed by atoms with Gasteiger partial charge in [-0.05, 0) is 57.4 Å². The highest BCUT2D eigenvalue weighted by atomic mass is 16.2. The fourth-order valence-corrected chi connectivity index (χ4v) is 6.38. The first kappa shape index (κ1) is 20.2. The van der Waals surface area contributed by atoms with E-state index in [-0.39, 0.29) is 11.5 Å². The van der Waals surface area contributed by atoms with Crippen molar-refractivity contribution in [3.05, 3.63) is 27.9 Å². The van der Waals surface area contributed by atoms with E-state index >= 15 is 0 Å². The van der Waals surface area contributed by atoms with Crippen LogP contribution in [0.5, 0.6) is 0 Å². The maximum absolute atomic E-state index is 13.2. The van der Waals surface area contributed by atoms with Crippen LogP contribution in [0.1, 0.15) is 81.6 Å². The fraction of sp³-hybridized carbons (Fsp3) is 0.792. The summed E-state index contributed by atoms with van der Waals surface area (Å²) in [6.07, 6.45) is 12.9. The molecule has 5 rings (SSSR count). The largest absolute Gasteiger partial charge is 0.338 e. The Morgan fingerprint density at radius 2 is 1.83 bits per heavy atom. The summed E-state index contributed by atoms with van der Waals surface area (Å²) in [5.74, 6) is 2.31. The van der Waals surface area contributed by atoms with E-state index in [9.17, 15) is 9.59 Å². The molecule has 3 aliphatic heterocycles. The Balaban J connectivity index is 1.23. The quantitative estimate of drug-likeness (QED) is 0.766. The third-order valence-electron chi connectivity index (χ3n) is 8.00. The number of likely N-dealkylation sites (tertiary alicyclic amines) is 2. The Kier molecular flexibility index (Phi) is 5.94. The highest BCUT2D eigenvalue weighted by molar-refractivity contribution is 5.78. The zero-order valence-electron chi connectivity index (χ0n) is 18.2. The van der Waals surface area contributed by atoms with E-state index in [0.29, 0.717) is 18.5 Å². The van der Waals surface area contributed by atoms with Crippen molar-refractivity contribution in [1.29, 1.82) is 0 Å². The van der Waals surface area contributed by atoms with Crippen molar-refractivity contribution in [1.82, 2.24) is 19.4 Å². The number of aryl methyl sites for hydroxylation is 1. The van der Waals surface area contributed by atoms with Crippen molar-refractivity contribution in [2.24, 2.45) is 5.92 Å². The minimum Gasteiger partial charge on any atom is -0.338 e. The van der Waals surface area contributed by atoms with Gasteiger partial charge in [0.2, 0.25) is 5.91 Å². The summed E-state index contributed by atoms with van der Waals surface area (Å²) in [6, 6.07) is 2.26. The van der Waals surface area contributed by atoms with Crippen molar-refractivity contribution in [2.45, 2.75) is 89.1 Å². The number of hydrogen-bond acceptors (Lipinski definition) is 4. The van der Waals surface area contributed by atoms with Crippen LogP contribution in [0.25, 0.3) is 0 Å². The van der Waals surface area contributed by atoms with Gasteiger partial charge in [0.15, 0.2) is 0 Å². The molecule has 0 radical (unpaired) electrons.